The minimum absolute atomic E-state index is 0.0164. The highest BCUT2D eigenvalue weighted by Crippen LogP contribution is 2.19. The number of aromatic amines is 1. The number of alkyl carbamates (subject to hydrolysis) is 1. The number of rotatable bonds is 17. The molecule has 0 bridgehead atoms. The molecule has 0 aliphatic rings. The van der Waals surface area contributed by atoms with Crippen molar-refractivity contribution in [3.05, 3.63) is 120 Å². The maximum atomic E-state index is 13.8. The molecule has 1 aromatic heterocycles. The van der Waals surface area contributed by atoms with Crippen LogP contribution in [0, 0.1) is 5.92 Å². The molecular weight excluding hydrogens is 618 g/mol. The molecule has 0 aliphatic heterocycles. The molecule has 4 N–H and O–H groups in total. The lowest BCUT2D eigenvalue weighted by Crippen LogP contribution is -2.56. The van der Waals surface area contributed by atoms with Gasteiger partial charge in [0.05, 0.1) is 23.4 Å². The van der Waals surface area contributed by atoms with E-state index < -0.39 is 40.2 Å². The van der Waals surface area contributed by atoms with Crippen molar-refractivity contribution < 1.29 is 27.9 Å². The third kappa shape index (κ3) is 11.1. The highest BCUT2D eigenvalue weighted by Gasteiger charge is 2.32. The SMILES string of the molecule is CC(C)CCN(C[C@@H](O)[C@H](Cc1ccccc1)NC(=O)C(Cc1cnc[nH]1)NC(=O)OCc1ccccc1)S(=O)(=O)c1ccccc1. The Morgan fingerprint density at radius 2 is 1.51 bits per heavy atom. The van der Waals surface area contributed by atoms with E-state index >= 15 is 0 Å². The number of hydrogen-bond acceptors (Lipinski definition) is 7. The van der Waals surface area contributed by atoms with Gasteiger partial charge in [0.25, 0.3) is 0 Å². The maximum absolute atomic E-state index is 13.8. The number of H-pyrrole nitrogens is 1. The highest BCUT2D eigenvalue weighted by molar-refractivity contribution is 7.89. The first-order chi connectivity index (χ1) is 22.6. The van der Waals surface area contributed by atoms with Crippen LogP contribution in [0.5, 0.6) is 0 Å². The van der Waals surface area contributed by atoms with Gasteiger partial charge in [-0.3, -0.25) is 4.79 Å². The van der Waals surface area contributed by atoms with Crippen molar-refractivity contribution in [2.24, 2.45) is 5.92 Å². The fourth-order valence-corrected chi connectivity index (χ4v) is 6.45. The van der Waals surface area contributed by atoms with Crippen LogP contribution in [0.2, 0.25) is 0 Å². The van der Waals surface area contributed by atoms with Crippen molar-refractivity contribution in [1.82, 2.24) is 24.9 Å². The van der Waals surface area contributed by atoms with Gasteiger partial charge in [-0.25, -0.2) is 18.2 Å². The van der Waals surface area contributed by atoms with Crippen LogP contribution in [0.25, 0.3) is 0 Å². The molecule has 3 atom stereocenters. The first-order valence-electron chi connectivity index (χ1n) is 15.6. The maximum Gasteiger partial charge on any atom is 0.408 e. The molecule has 47 heavy (non-hydrogen) atoms. The van der Waals surface area contributed by atoms with E-state index in [0.29, 0.717) is 12.1 Å². The number of aromatic nitrogens is 2. The molecule has 0 saturated carbocycles. The summed E-state index contributed by atoms with van der Waals surface area (Å²) >= 11 is 0. The lowest BCUT2D eigenvalue weighted by Gasteiger charge is -2.31. The number of amides is 2. The number of nitrogens with zero attached hydrogens (tertiary/aromatic N) is 2. The third-order valence-electron chi connectivity index (χ3n) is 7.62. The molecule has 4 rings (SSSR count). The average Bonchev–Trinajstić information content (AvgIpc) is 3.59. The molecule has 1 heterocycles. The Morgan fingerprint density at radius 1 is 0.894 bits per heavy atom. The Kier molecular flexibility index (Phi) is 13.1. The summed E-state index contributed by atoms with van der Waals surface area (Å²) in [5.41, 5.74) is 2.22. The van der Waals surface area contributed by atoms with E-state index in [1.807, 2.05) is 74.5 Å². The van der Waals surface area contributed by atoms with Crippen molar-refractivity contribution in [3.63, 3.8) is 0 Å². The van der Waals surface area contributed by atoms with Gasteiger partial charge in [-0.05, 0) is 42.0 Å². The fraction of sp³-hybridized carbons (Fsp3) is 0.343. The molecule has 0 radical (unpaired) electrons. The molecule has 11 nitrogen and oxygen atoms in total. The van der Waals surface area contributed by atoms with Crippen molar-refractivity contribution in [2.75, 3.05) is 13.1 Å². The Hall–Kier alpha value is -4.52. The van der Waals surface area contributed by atoms with Crippen LogP contribution in [0.15, 0.2) is 108 Å². The minimum atomic E-state index is -3.95. The van der Waals surface area contributed by atoms with Crippen LogP contribution in [0.4, 0.5) is 4.79 Å². The highest BCUT2D eigenvalue weighted by atomic mass is 32.2. The molecule has 0 aliphatic carbocycles. The molecular formula is C35H43N5O6S. The van der Waals surface area contributed by atoms with E-state index in [9.17, 15) is 23.1 Å². The summed E-state index contributed by atoms with van der Waals surface area (Å²) in [6.07, 6.45) is 1.81. The number of sulfonamides is 1. The van der Waals surface area contributed by atoms with E-state index in [4.69, 9.17) is 4.74 Å². The Balaban J connectivity index is 1.55. The van der Waals surface area contributed by atoms with Crippen molar-refractivity contribution >= 4 is 22.0 Å². The number of benzene rings is 3. The van der Waals surface area contributed by atoms with E-state index in [1.165, 1.54) is 22.8 Å². The van der Waals surface area contributed by atoms with Gasteiger partial charge in [-0.15, -0.1) is 0 Å². The molecule has 1 unspecified atom stereocenters. The first kappa shape index (κ1) is 35.3. The fourth-order valence-electron chi connectivity index (χ4n) is 4.96. The predicted octanol–water partition coefficient (Wildman–Crippen LogP) is 4.07. The number of aliphatic hydroxyl groups excluding tert-OH is 1. The van der Waals surface area contributed by atoms with Crippen molar-refractivity contribution in [2.45, 2.75) is 62.8 Å². The first-order valence-corrected chi connectivity index (χ1v) is 17.1. The minimum Gasteiger partial charge on any atom is -0.445 e. The Labute approximate surface area is 276 Å². The molecule has 250 valence electrons. The molecule has 0 saturated heterocycles. The average molecular weight is 662 g/mol. The molecule has 3 aromatic carbocycles. The van der Waals surface area contributed by atoms with Crippen LogP contribution in [0.3, 0.4) is 0 Å². The van der Waals surface area contributed by atoms with Crippen LogP contribution in [-0.2, 0) is 39.0 Å². The second kappa shape index (κ2) is 17.4. The zero-order chi connectivity index (χ0) is 33.6. The van der Waals surface area contributed by atoms with E-state index in [1.54, 1.807) is 24.4 Å². The number of nitrogens with one attached hydrogen (secondary N) is 3. The summed E-state index contributed by atoms with van der Waals surface area (Å²) in [5, 5.41) is 17.2. The van der Waals surface area contributed by atoms with Gasteiger partial charge in [-0.2, -0.15) is 4.31 Å². The number of carbonyl (C=O) groups excluding carboxylic acids is 2. The molecule has 2 amide bonds. The van der Waals surface area contributed by atoms with Crippen LogP contribution >= 0.6 is 0 Å². The smallest absolute Gasteiger partial charge is 0.408 e. The lowest BCUT2D eigenvalue weighted by atomic mass is 10.00. The summed E-state index contributed by atoms with van der Waals surface area (Å²) in [4.78, 5) is 33.7. The Bertz CT molecular complexity index is 1620. The van der Waals surface area contributed by atoms with Crippen molar-refractivity contribution in [1.29, 1.82) is 0 Å². The summed E-state index contributed by atoms with van der Waals surface area (Å²) in [5.74, 6) is -0.354. The lowest BCUT2D eigenvalue weighted by molar-refractivity contribution is -0.124. The van der Waals surface area contributed by atoms with Gasteiger partial charge >= 0.3 is 6.09 Å². The molecule has 0 fully saturated rings. The van der Waals surface area contributed by atoms with Crippen LogP contribution in [0.1, 0.15) is 37.1 Å². The monoisotopic (exact) mass is 661 g/mol. The van der Waals surface area contributed by atoms with Crippen LogP contribution < -0.4 is 10.6 Å². The summed E-state index contributed by atoms with van der Waals surface area (Å²) in [6, 6.07) is 24.6. The predicted molar refractivity (Wildman–Crippen MR) is 179 cm³/mol. The molecule has 4 aromatic rings. The van der Waals surface area contributed by atoms with Gasteiger partial charge in [-0.1, -0.05) is 92.7 Å². The number of imidazole rings is 1. The van der Waals surface area contributed by atoms with Gasteiger partial charge in [0.15, 0.2) is 0 Å². The van der Waals surface area contributed by atoms with Gasteiger partial charge < -0.3 is 25.5 Å². The number of aliphatic hydroxyl groups is 1. The zero-order valence-corrected chi connectivity index (χ0v) is 27.5. The normalized spacial score (nSPS) is 13.6. The molecule has 12 heteroatoms. The third-order valence-corrected chi connectivity index (χ3v) is 9.50. The quantitative estimate of drug-likeness (QED) is 0.133. The van der Waals surface area contributed by atoms with Gasteiger partial charge in [0.1, 0.15) is 12.6 Å². The summed E-state index contributed by atoms with van der Waals surface area (Å²) in [7, 11) is -3.95. The second-order valence-corrected chi connectivity index (χ2v) is 13.7. The second-order valence-electron chi connectivity index (χ2n) is 11.8. The number of carbonyl (C=O) groups is 2. The zero-order valence-electron chi connectivity index (χ0n) is 26.7. The number of hydrogen-bond donors (Lipinski definition) is 4. The largest absolute Gasteiger partial charge is 0.445 e. The Morgan fingerprint density at radius 3 is 2.11 bits per heavy atom. The van der Waals surface area contributed by atoms with E-state index in [2.05, 4.69) is 20.6 Å². The van der Waals surface area contributed by atoms with Crippen molar-refractivity contribution in [3.8, 4) is 0 Å². The molecule has 0 spiro atoms. The van der Waals surface area contributed by atoms with Gasteiger partial charge in [0, 0.05) is 31.4 Å². The summed E-state index contributed by atoms with van der Waals surface area (Å²) in [6.45, 7) is 3.96. The van der Waals surface area contributed by atoms with Crippen LogP contribution in [-0.4, -0.2) is 71.1 Å². The topological polar surface area (TPSA) is 154 Å². The number of ether oxygens (including phenoxy) is 1. The van der Waals surface area contributed by atoms with E-state index in [-0.39, 0.29) is 43.4 Å². The van der Waals surface area contributed by atoms with E-state index in [0.717, 1.165) is 11.1 Å². The standard InChI is InChI=1S/C35H43N5O6S/c1-26(2)18-19-40(47(44,45)30-16-10-5-11-17-30)23-33(41)31(20-27-12-6-3-7-13-27)38-34(42)32(21-29-22-36-25-37-29)39-35(43)46-24-28-14-8-4-9-15-28/h3-17,22,25-26,31-33,41H,18-21,23-24H2,1-2H3,(H,36,37)(H,38,42)(H,39,43)/t31-,32?,33+/m0/s1. The summed E-state index contributed by atoms with van der Waals surface area (Å²) < 4.78 is 34.1. The van der Waals surface area contributed by atoms with Gasteiger partial charge in [0.2, 0.25) is 15.9 Å².